The fraction of sp³-hybridized carbons (Fsp3) is 0.647. The topological polar surface area (TPSA) is 71.7 Å². The number of anilines is 1. The van der Waals surface area contributed by atoms with E-state index in [1.807, 2.05) is 39.8 Å². The Hall–Kier alpha value is -1.82. The van der Waals surface area contributed by atoms with Gasteiger partial charge in [0.05, 0.1) is 6.17 Å². The molecule has 128 valence electrons. The average molecular weight is 320 g/mol. The van der Waals surface area contributed by atoms with Gasteiger partial charge in [0.2, 0.25) is 0 Å². The van der Waals surface area contributed by atoms with Gasteiger partial charge in [-0.05, 0) is 52.7 Å². The molecule has 1 aliphatic heterocycles. The van der Waals surface area contributed by atoms with Gasteiger partial charge in [0.1, 0.15) is 5.60 Å². The van der Waals surface area contributed by atoms with E-state index in [2.05, 4.69) is 9.88 Å². The van der Waals surface area contributed by atoms with Crippen molar-refractivity contribution in [3.8, 4) is 0 Å². The lowest BCUT2D eigenvalue weighted by molar-refractivity contribution is 0.00445. The first-order chi connectivity index (χ1) is 10.8. The predicted molar refractivity (Wildman–Crippen MR) is 91.2 cm³/mol. The second kappa shape index (κ2) is 7.17. The molecular weight excluding hydrogens is 292 g/mol. The van der Waals surface area contributed by atoms with E-state index in [1.54, 1.807) is 17.3 Å². The van der Waals surface area contributed by atoms with Crippen LogP contribution in [-0.4, -0.2) is 46.9 Å². The molecule has 1 aliphatic rings. The van der Waals surface area contributed by atoms with Gasteiger partial charge in [0.25, 0.3) is 0 Å². The molecule has 2 rings (SSSR count). The van der Waals surface area contributed by atoms with Gasteiger partial charge >= 0.3 is 6.09 Å². The molecule has 1 aromatic heterocycles. The summed E-state index contributed by atoms with van der Waals surface area (Å²) in [5, 5.41) is 0. The van der Waals surface area contributed by atoms with Crippen LogP contribution >= 0.6 is 0 Å². The number of aromatic nitrogens is 1. The van der Waals surface area contributed by atoms with E-state index in [4.69, 9.17) is 10.5 Å². The average Bonchev–Trinajstić information content (AvgIpc) is 2.47. The minimum absolute atomic E-state index is 0.114. The highest BCUT2D eigenvalue weighted by Crippen LogP contribution is 2.24. The third kappa shape index (κ3) is 4.82. The van der Waals surface area contributed by atoms with Gasteiger partial charge in [0, 0.05) is 37.2 Å². The summed E-state index contributed by atoms with van der Waals surface area (Å²) in [5.41, 5.74) is 6.69. The van der Waals surface area contributed by atoms with Gasteiger partial charge < -0.3 is 15.4 Å². The molecule has 1 aromatic rings. The second-order valence-corrected chi connectivity index (χ2v) is 7.05. The van der Waals surface area contributed by atoms with Gasteiger partial charge in [0.15, 0.2) is 0 Å². The number of nitrogens with two attached hydrogens (primary N) is 1. The maximum atomic E-state index is 12.5. The molecule has 1 atom stereocenters. The first-order valence-corrected chi connectivity index (χ1v) is 8.20. The molecule has 1 unspecified atom stereocenters. The zero-order chi connectivity index (χ0) is 17.0. The quantitative estimate of drug-likeness (QED) is 0.867. The lowest BCUT2D eigenvalue weighted by Gasteiger charge is -2.41. The summed E-state index contributed by atoms with van der Waals surface area (Å²) in [7, 11) is 0. The summed E-state index contributed by atoms with van der Waals surface area (Å²) in [6.07, 6.45) is 4.68. The maximum Gasteiger partial charge on any atom is 0.411 e. The van der Waals surface area contributed by atoms with Crippen LogP contribution in [0.5, 0.6) is 0 Å². The van der Waals surface area contributed by atoms with Crippen molar-refractivity contribution in [2.75, 3.05) is 18.0 Å². The van der Waals surface area contributed by atoms with Crippen LogP contribution in [0.4, 0.5) is 10.5 Å². The number of nitrogens with zero attached hydrogens (tertiary/aromatic N) is 3. The summed E-state index contributed by atoms with van der Waals surface area (Å²) in [6.45, 7) is 9.23. The standard InChI is InChI=1S/C17H28N4O2/c1-13(18)21(16(22)23-17(2,3)4)15-7-11-20(12-8-15)14-5-9-19-10-6-14/h5-6,9-10,13,15H,7-8,11-12,18H2,1-4H3. The predicted octanol–water partition coefficient (Wildman–Crippen LogP) is 2.59. The van der Waals surface area contributed by atoms with Crippen molar-refractivity contribution < 1.29 is 9.53 Å². The third-order valence-electron chi connectivity index (χ3n) is 3.93. The molecular formula is C17H28N4O2. The zero-order valence-electron chi connectivity index (χ0n) is 14.5. The smallest absolute Gasteiger partial charge is 0.411 e. The second-order valence-electron chi connectivity index (χ2n) is 7.05. The van der Waals surface area contributed by atoms with Crippen molar-refractivity contribution >= 4 is 11.8 Å². The summed E-state index contributed by atoms with van der Waals surface area (Å²) >= 11 is 0. The van der Waals surface area contributed by atoms with Crippen LogP contribution in [0.1, 0.15) is 40.5 Å². The molecule has 0 aromatic carbocycles. The van der Waals surface area contributed by atoms with Crippen LogP contribution < -0.4 is 10.6 Å². The van der Waals surface area contributed by atoms with Crippen LogP contribution in [0.25, 0.3) is 0 Å². The number of piperidine rings is 1. The minimum atomic E-state index is -0.512. The molecule has 1 fully saturated rings. The van der Waals surface area contributed by atoms with E-state index < -0.39 is 5.60 Å². The van der Waals surface area contributed by atoms with Crippen molar-refractivity contribution in [1.82, 2.24) is 9.88 Å². The molecule has 0 aliphatic carbocycles. The normalized spacial score (nSPS) is 17.7. The van der Waals surface area contributed by atoms with Gasteiger partial charge in [-0.1, -0.05) is 0 Å². The third-order valence-corrected chi connectivity index (χ3v) is 3.93. The molecule has 6 heteroatoms. The number of hydrogen-bond acceptors (Lipinski definition) is 5. The monoisotopic (exact) mass is 320 g/mol. The van der Waals surface area contributed by atoms with E-state index >= 15 is 0 Å². The highest BCUT2D eigenvalue weighted by molar-refractivity contribution is 5.69. The number of rotatable bonds is 3. The fourth-order valence-corrected chi connectivity index (χ4v) is 2.92. The summed E-state index contributed by atoms with van der Waals surface area (Å²) in [5.74, 6) is 0. The van der Waals surface area contributed by atoms with Crippen molar-refractivity contribution in [3.05, 3.63) is 24.5 Å². The number of carbonyl (C=O) groups is 1. The van der Waals surface area contributed by atoms with Crippen LogP contribution in [0.3, 0.4) is 0 Å². The van der Waals surface area contributed by atoms with Crippen LogP contribution in [0.15, 0.2) is 24.5 Å². The lowest BCUT2D eigenvalue weighted by Crippen LogP contribution is -2.55. The molecule has 0 radical (unpaired) electrons. The van der Waals surface area contributed by atoms with Gasteiger partial charge in [-0.2, -0.15) is 0 Å². The van der Waals surface area contributed by atoms with E-state index in [1.165, 1.54) is 5.69 Å². The van der Waals surface area contributed by atoms with Crippen LogP contribution in [0.2, 0.25) is 0 Å². The molecule has 0 saturated carbocycles. The van der Waals surface area contributed by atoms with Crippen molar-refractivity contribution in [2.24, 2.45) is 5.73 Å². The van der Waals surface area contributed by atoms with E-state index in [9.17, 15) is 4.79 Å². The van der Waals surface area contributed by atoms with E-state index in [0.717, 1.165) is 25.9 Å². The van der Waals surface area contributed by atoms with E-state index in [-0.39, 0.29) is 18.3 Å². The number of ether oxygens (including phenoxy) is 1. The van der Waals surface area contributed by atoms with Crippen molar-refractivity contribution in [3.63, 3.8) is 0 Å². The number of hydrogen-bond donors (Lipinski definition) is 1. The van der Waals surface area contributed by atoms with Gasteiger partial charge in [-0.25, -0.2) is 4.79 Å². The summed E-state index contributed by atoms with van der Waals surface area (Å²) in [4.78, 5) is 20.5. The van der Waals surface area contributed by atoms with E-state index in [0.29, 0.717) is 0 Å². The summed E-state index contributed by atoms with van der Waals surface area (Å²) in [6, 6.07) is 4.14. The van der Waals surface area contributed by atoms with Crippen molar-refractivity contribution in [2.45, 2.75) is 58.3 Å². The first kappa shape index (κ1) is 17.5. The Morgan fingerprint density at radius 2 is 1.91 bits per heavy atom. The van der Waals surface area contributed by atoms with Gasteiger partial charge in [-0.15, -0.1) is 0 Å². The van der Waals surface area contributed by atoms with Crippen LogP contribution in [-0.2, 0) is 4.74 Å². The SMILES string of the molecule is CC(N)N(C(=O)OC(C)(C)C)C1CCN(c2ccncc2)CC1. The Bertz CT molecular complexity index is 505. The molecule has 1 amide bonds. The maximum absolute atomic E-state index is 12.5. The molecule has 2 N–H and O–H groups in total. The number of amides is 1. The Morgan fingerprint density at radius 1 is 1.35 bits per heavy atom. The molecule has 1 saturated heterocycles. The number of carbonyl (C=O) groups excluding carboxylic acids is 1. The minimum Gasteiger partial charge on any atom is -0.444 e. The fourth-order valence-electron chi connectivity index (χ4n) is 2.92. The molecule has 23 heavy (non-hydrogen) atoms. The Kier molecular flexibility index (Phi) is 5.46. The molecule has 0 bridgehead atoms. The Labute approximate surface area is 138 Å². The first-order valence-electron chi connectivity index (χ1n) is 8.20. The van der Waals surface area contributed by atoms with Crippen molar-refractivity contribution in [1.29, 1.82) is 0 Å². The summed E-state index contributed by atoms with van der Waals surface area (Å²) < 4.78 is 5.51. The lowest BCUT2D eigenvalue weighted by atomic mass is 10.0. The largest absolute Gasteiger partial charge is 0.444 e. The molecule has 6 nitrogen and oxygen atoms in total. The Balaban J connectivity index is 1.99. The molecule has 2 heterocycles. The van der Waals surface area contributed by atoms with Crippen LogP contribution in [0, 0.1) is 0 Å². The van der Waals surface area contributed by atoms with Gasteiger partial charge in [-0.3, -0.25) is 9.88 Å². The Morgan fingerprint density at radius 3 is 2.39 bits per heavy atom. The number of pyridine rings is 1. The zero-order valence-corrected chi connectivity index (χ0v) is 14.5. The highest BCUT2D eigenvalue weighted by Gasteiger charge is 2.33. The highest BCUT2D eigenvalue weighted by atomic mass is 16.6. The molecule has 0 spiro atoms.